The van der Waals surface area contributed by atoms with E-state index in [1.165, 1.54) is 10.8 Å². The molecule has 116 valence electrons. The van der Waals surface area contributed by atoms with Gasteiger partial charge in [0.1, 0.15) is 12.3 Å². The van der Waals surface area contributed by atoms with Crippen LogP contribution < -0.4 is 11.2 Å². The van der Waals surface area contributed by atoms with Crippen LogP contribution in [-0.4, -0.2) is 51.8 Å². The van der Waals surface area contributed by atoms with Crippen LogP contribution in [0.2, 0.25) is 0 Å². The van der Waals surface area contributed by atoms with Gasteiger partial charge in [-0.1, -0.05) is 0 Å². The Morgan fingerprint density at radius 3 is 2.67 bits per heavy atom. The van der Waals surface area contributed by atoms with Crippen molar-refractivity contribution in [2.45, 2.75) is 31.1 Å². The molecule has 3 rings (SSSR count). The van der Waals surface area contributed by atoms with Crippen LogP contribution in [0.5, 0.6) is 0 Å². The average Bonchev–Trinajstić information content (AvgIpc) is 3.08. The van der Waals surface area contributed by atoms with Gasteiger partial charge in [0.2, 0.25) is 0 Å². The van der Waals surface area contributed by atoms with Gasteiger partial charge in [-0.2, -0.15) is 0 Å². The Hall–Kier alpha value is -1.52. The molecule has 21 heavy (non-hydrogen) atoms. The van der Waals surface area contributed by atoms with Crippen molar-refractivity contribution in [1.29, 1.82) is 0 Å². The summed E-state index contributed by atoms with van der Waals surface area (Å²) in [6.45, 7) is 0.389. The normalized spacial score (nSPS) is 30.1. The number of nitrogens with one attached hydrogen (secondary N) is 1. The smallest absolute Gasteiger partial charge is 0.330 e. The Labute approximate surface area is 118 Å². The van der Waals surface area contributed by atoms with E-state index in [9.17, 15) is 14.7 Å². The summed E-state index contributed by atoms with van der Waals surface area (Å²) in [4.78, 5) is 25.9. The molecule has 0 aromatic carbocycles. The number of aromatic nitrogens is 2. The molecule has 0 aliphatic carbocycles. The summed E-state index contributed by atoms with van der Waals surface area (Å²) in [5.41, 5.74) is -1.07. The van der Waals surface area contributed by atoms with Gasteiger partial charge in [0, 0.05) is 12.6 Å². The summed E-state index contributed by atoms with van der Waals surface area (Å²) >= 11 is 0. The van der Waals surface area contributed by atoms with Crippen LogP contribution in [0.25, 0.3) is 0 Å². The summed E-state index contributed by atoms with van der Waals surface area (Å²) in [6, 6.07) is 0. The SMILES string of the molecule is O=c1[nH]c(=O)n(C2C[C@H](O)[C@@H](CO)O2)cc1C1OCCO1. The van der Waals surface area contributed by atoms with Crippen LogP contribution in [0.3, 0.4) is 0 Å². The summed E-state index contributed by atoms with van der Waals surface area (Å²) in [5, 5.41) is 18.8. The predicted octanol–water partition coefficient (Wildman–Crippen LogP) is -1.78. The van der Waals surface area contributed by atoms with Gasteiger partial charge in [-0.15, -0.1) is 0 Å². The molecule has 9 nitrogen and oxygen atoms in total. The van der Waals surface area contributed by atoms with Gasteiger partial charge >= 0.3 is 5.69 Å². The highest BCUT2D eigenvalue weighted by Crippen LogP contribution is 2.28. The van der Waals surface area contributed by atoms with E-state index in [4.69, 9.17) is 19.3 Å². The van der Waals surface area contributed by atoms with E-state index in [-0.39, 0.29) is 18.6 Å². The Balaban J connectivity index is 1.93. The quantitative estimate of drug-likeness (QED) is 0.603. The van der Waals surface area contributed by atoms with Crippen molar-refractivity contribution >= 4 is 0 Å². The molecule has 2 saturated heterocycles. The van der Waals surface area contributed by atoms with Crippen LogP contribution in [0, 0.1) is 0 Å². The number of hydrogen-bond acceptors (Lipinski definition) is 7. The van der Waals surface area contributed by atoms with E-state index in [1.54, 1.807) is 0 Å². The van der Waals surface area contributed by atoms with Crippen molar-refractivity contribution in [3.05, 3.63) is 32.6 Å². The van der Waals surface area contributed by atoms with Gasteiger partial charge in [-0.25, -0.2) is 4.79 Å². The highest BCUT2D eigenvalue weighted by Gasteiger charge is 2.35. The summed E-state index contributed by atoms with van der Waals surface area (Å²) in [6.07, 6.45) is -1.75. The third-order valence-corrected chi connectivity index (χ3v) is 3.57. The maximum Gasteiger partial charge on any atom is 0.330 e. The lowest BCUT2D eigenvalue weighted by molar-refractivity contribution is -0.0525. The molecule has 1 aromatic rings. The molecule has 2 aliphatic rings. The zero-order valence-corrected chi connectivity index (χ0v) is 11.1. The molecule has 2 aliphatic heterocycles. The molecule has 0 bridgehead atoms. The lowest BCUT2D eigenvalue weighted by atomic mass is 10.2. The first-order valence-electron chi connectivity index (χ1n) is 6.63. The second kappa shape index (κ2) is 5.70. The van der Waals surface area contributed by atoms with Crippen LogP contribution in [0.4, 0.5) is 0 Å². The molecule has 9 heteroatoms. The van der Waals surface area contributed by atoms with E-state index in [0.717, 1.165) is 0 Å². The molecule has 2 fully saturated rings. The monoisotopic (exact) mass is 300 g/mol. The van der Waals surface area contributed by atoms with Crippen LogP contribution in [0.1, 0.15) is 24.5 Å². The molecule has 1 unspecified atom stereocenters. The van der Waals surface area contributed by atoms with Crippen LogP contribution in [0.15, 0.2) is 15.8 Å². The van der Waals surface area contributed by atoms with Crippen LogP contribution in [-0.2, 0) is 14.2 Å². The minimum absolute atomic E-state index is 0.142. The van der Waals surface area contributed by atoms with E-state index < -0.39 is 36.0 Å². The third-order valence-electron chi connectivity index (χ3n) is 3.57. The third kappa shape index (κ3) is 2.65. The van der Waals surface area contributed by atoms with Crippen LogP contribution >= 0.6 is 0 Å². The molecule has 3 atom stereocenters. The van der Waals surface area contributed by atoms with Gasteiger partial charge in [0.15, 0.2) is 6.29 Å². The van der Waals surface area contributed by atoms with Crippen molar-refractivity contribution < 1.29 is 24.4 Å². The van der Waals surface area contributed by atoms with E-state index in [2.05, 4.69) is 4.98 Å². The van der Waals surface area contributed by atoms with Gasteiger partial charge in [0.25, 0.3) is 5.56 Å². The maximum absolute atomic E-state index is 11.9. The molecule has 3 N–H and O–H groups in total. The lowest BCUT2D eigenvalue weighted by Crippen LogP contribution is -2.35. The van der Waals surface area contributed by atoms with Gasteiger partial charge < -0.3 is 24.4 Å². The first kappa shape index (κ1) is 14.4. The minimum Gasteiger partial charge on any atom is -0.394 e. The fourth-order valence-corrected chi connectivity index (χ4v) is 2.47. The number of aliphatic hydroxyl groups is 2. The van der Waals surface area contributed by atoms with Crippen molar-refractivity contribution in [3.8, 4) is 0 Å². The summed E-state index contributed by atoms with van der Waals surface area (Å²) in [7, 11) is 0. The molecular formula is C12H16N2O7. The number of aromatic amines is 1. The largest absolute Gasteiger partial charge is 0.394 e. The van der Waals surface area contributed by atoms with Gasteiger partial charge in [0.05, 0.1) is 31.5 Å². The fourth-order valence-electron chi connectivity index (χ4n) is 2.47. The topological polar surface area (TPSA) is 123 Å². The lowest BCUT2D eigenvalue weighted by Gasteiger charge is -2.16. The standard InChI is InChI=1S/C12H16N2O7/c15-5-8-7(16)3-9(21-8)14-4-6(10(17)13-12(14)18)11-19-1-2-20-11/h4,7-9,11,15-16H,1-3,5H2,(H,13,17,18)/t7-,8+,9?/m0/s1. The maximum atomic E-state index is 11.9. The average molecular weight is 300 g/mol. The molecule has 1 aromatic heterocycles. The minimum atomic E-state index is -0.874. The zero-order valence-electron chi connectivity index (χ0n) is 11.1. The first-order chi connectivity index (χ1) is 10.1. The van der Waals surface area contributed by atoms with Crippen molar-refractivity contribution in [2.75, 3.05) is 19.8 Å². The Morgan fingerprint density at radius 1 is 1.33 bits per heavy atom. The highest BCUT2D eigenvalue weighted by atomic mass is 16.7. The Bertz CT molecular complexity index is 619. The number of ether oxygens (including phenoxy) is 3. The number of hydrogen-bond donors (Lipinski definition) is 3. The Morgan fingerprint density at radius 2 is 2.05 bits per heavy atom. The van der Waals surface area contributed by atoms with Crippen molar-refractivity contribution in [1.82, 2.24) is 9.55 Å². The first-order valence-corrected chi connectivity index (χ1v) is 6.63. The van der Waals surface area contributed by atoms with Crippen molar-refractivity contribution in [3.63, 3.8) is 0 Å². The molecule has 0 spiro atoms. The highest BCUT2D eigenvalue weighted by molar-refractivity contribution is 5.08. The molecule has 3 heterocycles. The number of aliphatic hydroxyl groups excluding tert-OH is 2. The number of H-pyrrole nitrogens is 1. The summed E-state index contributed by atoms with van der Waals surface area (Å²) < 4.78 is 17.1. The molecule has 0 radical (unpaired) electrons. The zero-order chi connectivity index (χ0) is 15.0. The number of rotatable bonds is 3. The predicted molar refractivity (Wildman–Crippen MR) is 67.6 cm³/mol. The van der Waals surface area contributed by atoms with Gasteiger partial charge in [-0.3, -0.25) is 14.3 Å². The second-order valence-electron chi connectivity index (χ2n) is 4.94. The Kier molecular flexibility index (Phi) is 3.91. The second-order valence-corrected chi connectivity index (χ2v) is 4.94. The molecule has 0 saturated carbocycles. The van der Waals surface area contributed by atoms with Crippen molar-refractivity contribution in [2.24, 2.45) is 0 Å². The van der Waals surface area contributed by atoms with E-state index in [1.807, 2.05) is 0 Å². The van der Waals surface area contributed by atoms with E-state index >= 15 is 0 Å². The fraction of sp³-hybridized carbons (Fsp3) is 0.667. The molecule has 0 amide bonds. The number of nitrogens with zero attached hydrogens (tertiary/aromatic N) is 1. The van der Waals surface area contributed by atoms with Gasteiger partial charge in [-0.05, 0) is 0 Å². The van der Waals surface area contributed by atoms with E-state index in [0.29, 0.717) is 13.2 Å². The molecular weight excluding hydrogens is 284 g/mol. The summed E-state index contributed by atoms with van der Waals surface area (Å²) in [5.74, 6) is 0.